The van der Waals surface area contributed by atoms with Crippen LogP contribution in [0.4, 0.5) is 4.79 Å². The van der Waals surface area contributed by atoms with E-state index in [0.717, 1.165) is 43.2 Å². The minimum atomic E-state index is -1.11. The molecule has 4 N–H and O–H groups in total. The molecule has 1 aliphatic carbocycles. The Kier molecular flexibility index (Phi) is 11.0. The van der Waals surface area contributed by atoms with Gasteiger partial charge in [-0.3, -0.25) is 14.4 Å². The monoisotopic (exact) mass is 583 g/mol. The molecule has 41 heavy (non-hydrogen) atoms. The first kappa shape index (κ1) is 30.4. The topological polar surface area (TPSA) is 134 Å². The van der Waals surface area contributed by atoms with Crippen molar-refractivity contribution in [2.24, 2.45) is 11.8 Å². The van der Waals surface area contributed by atoms with Crippen molar-refractivity contribution in [3.05, 3.63) is 70.7 Å². The van der Waals surface area contributed by atoms with E-state index in [2.05, 4.69) is 16.0 Å². The molecular weight excluding hydrogens is 546 g/mol. The van der Waals surface area contributed by atoms with Crippen molar-refractivity contribution in [3.63, 3.8) is 0 Å². The number of amides is 3. The maximum absolute atomic E-state index is 13.6. The van der Waals surface area contributed by atoms with E-state index >= 15 is 0 Å². The smallest absolute Gasteiger partial charge is 0.408 e. The molecule has 0 spiro atoms. The quantitative estimate of drug-likeness (QED) is 0.284. The van der Waals surface area contributed by atoms with Crippen molar-refractivity contribution in [3.8, 4) is 0 Å². The van der Waals surface area contributed by atoms with Gasteiger partial charge < -0.3 is 25.8 Å². The van der Waals surface area contributed by atoms with Gasteiger partial charge in [0.2, 0.25) is 11.8 Å². The fourth-order valence-electron chi connectivity index (χ4n) is 5.83. The van der Waals surface area contributed by atoms with Crippen molar-refractivity contribution in [2.45, 2.75) is 76.0 Å². The zero-order valence-electron chi connectivity index (χ0n) is 23.0. The van der Waals surface area contributed by atoms with Gasteiger partial charge in [-0.05, 0) is 42.0 Å². The molecule has 2 aliphatic rings. The van der Waals surface area contributed by atoms with E-state index in [1.165, 1.54) is 0 Å². The van der Waals surface area contributed by atoms with Crippen LogP contribution in [0.5, 0.6) is 0 Å². The zero-order valence-corrected chi connectivity index (χ0v) is 23.8. The Balaban J connectivity index is 1.50. The molecule has 10 heteroatoms. The Morgan fingerprint density at radius 2 is 1.76 bits per heavy atom. The van der Waals surface area contributed by atoms with E-state index in [9.17, 15) is 24.3 Å². The standard InChI is InChI=1S/C31H38ClN3O6/c32-23-13-7-10-21(16-23)18-27(22-11-5-2-6-12-22)41-31(40)35-26(17-20-8-3-1-4-9-20)30(39)34-25(19-28(36)37)24-14-15-33-29(24)38/h2,5-7,10-13,16,20,24-27H,1,3-4,8-9,14-15,17-19H2,(H,33,38)(H,34,39)(H,35,40)(H,36,37)/t24-,25?,26-,27?/m0/s1. The predicted octanol–water partition coefficient (Wildman–Crippen LogP) is 4.78. The molecule has 0 radical (unpaired) electrons. The first-order valence-corrected chi connectivity index (χ1v) is 14.7. The van der Waals surface area contributed by atoms with Crippen LogP contribution in [-0.2, 0) is 25.5 Å². The summed E-state index contributed by atoms with van der Waals surface area (Å²) in [6.07, 6.45) is 4.62. The van der Waals surface area contributed by atoms with Gasteiger partial charge in [0.15, 0.2) is 0 Å². The molecule has 1 saturated heterocycles. The van der Waals surface area contributed by atoms with E-state index in [4.69, 9.17) is 16.3 Å². The van der Waals surface area contributed by atoms with Crippen molar-refractivity contribution in [2.75, 3.05) is 6.54 Å². The molecule has 2 aromatic rings. The molecule has 1 aliphatic heterocycles. The molecule has 2 fully saturated rings. The number of rotatable bonds is 12. The molecule has 1 saturated carbocycles. The van der Waals surface area contributed by atoms with Crippen LogP contribution in [0.15, 0.2) is 54.6 Å². The van der Waals surface area contributed by atoms with Gasteiger partial charge in [0, 0.05) is 18.0 Å². The summed E-state index contributed by atoms with van der Waals surface area (Å²) in [4.78, 5) is 50.8. The SMILES string of the molecule is O=C(O)CC(NC(=O)[C@H](CC1CCCCC1)NC(=O)OC(Cc1cccc(Cl)c1)c1ccccc1)[C@@H]1CCNC1=O. The van der Waals surface area contributed by atoms with Crippen LogP contribution in [-0.4, -0.2) is 47.6 Å². The number of alkyl carbamates (subject to hydrolysis) is 1. The molecule has 2 unspecified atom stereocenters. The fourth-order valence-corrected chi connectivity index (χ4v) is 6.04. The van der Waals surface area contributed by atoms with E-state index in [0.29, 0.717) is 30.8 Å². The van der Waals surface area contributed by atoms with Crippen LogP contribution in [0.3, 0.4) is 0 Å². The third-order valence-electron chi connectivity index (χ3n) is 7.93. The minimum absolute atomic E-state index is 0.240. The van der Waals surface area contributed by atoms with Crippen molar-refractivity contribution < 1.29 is 29.0 Å². The Morgan fingerprint density at radius 1 is 1.00 bits per heavy atom. The number of hydrogen-bond acceptors (Lipinski definition) is 5. The normalized spacial score (nSPS) is 19.4. The molecule has 3 amide bonds. The molecule has 9 nitrogen and oxygen atoms in total. The first-order valence-electron chi connectivity index (χ1n) is 14.3. The van der Waals surface area contributed by atoms with Crippen LogP contribution in [0, 0.1) is 11.8 Å². The van der Waals surface area contributed by atoms with E-state index < -0.39 is 42.1 Å². The van der Waals surface area contributed by atoms with Gasteiger partial charge in [0.05, 0.1) is 18.4 Å². The molecule has 220 valence electrons. The zero-order chi connectivity index (χ0) is 29.2. The molecule has 1 heterocycles. The summed E-state index contributed by atoms with van der Waals surface area (Å²) >= 11 is 6.18. The van der Waals surface area contributed by atoms with Crippen molar-refractivity contribution >= 4 is 35.5 Å². The maximum Gasteiger partial charge on any atom is 0.408 e. The van der Waals surface area contributed by atoms with Crippen molar-refractivity contribution in [1.82, 2.24) is 16.0 Å². The summed E-state index contributed by atoms with van der Waals surface area (Å²) in [5.41, 5.74) is 1.69. The lowest BCUT2D eigenvalue weighted by Gasteiger charge is -2.29. The van der Waals surface area contributed by atoms with Crippen LogP contribution < -0.4 is 16.0 Å². The van der Waals surface area contributed by atoms with Crippen molar-refractivity contribution in [1.29, 1.82) is 0 Å². The van der Waals surface area contributed by atoms with E-state index in [1.807, 2.05) is 48.5 Å². The summed E-state index contributed by atoms with van der Waals surface area (Å²) in [5, 5.41) is 18.3. The second-order valence-electron chi connectivity index (χ2n) is 11.0. The average molecular weight is 584 g/mol. The fraction of sp³-hybridized carbons (Fsp3) is 0.484. The molecule has 0 aromatic heterocycles. The predicted molar refractivity (Wildman–Crippen MR) is 154 cm³/mol. The number of benzene rings is 2. The number of ether oxygens (including phenoxy) is 1. The second-order valence-corrected chi connectivity index (χ2v) is 11.4. The highest BCUT2D eigenvalue weighted by Crippen LogP contribution is 2.29. The molecule has 4 atom stereocenters. The van der Waals surface area contributed by atoms with Crippen LogP contribution in [0.25, 0.3) is 0 Å². The third-order valence-corrected chi connectivity index (χ3v) is 8.17. The Bertz CT molecular complexity index is 1200. The van der Waals surface area contributed by atoms with Crippen LogP contribution >= 0.6 is 11.6 Å². The number of carboxylic acids is 1. The first-order chi connectivity index (χ1) is 19.8. The number of aliphatic carboxylic acids is 1. The summed E-state index contributed by atoms with van der Waals surface area (Å²) in [5.74, 6) is -2.30. The van der Waals surface area contributed by atoms with Crippen LogP contribution in [0.2, 0.25) is 5.02 Å². The van der Waals surface area contributed by atoms with Gasteiger partial charge in [-0.15, -0.1) is 0 Å². The lowest BCUT2D eigenvalue weighted by Crippen LogP contribution is -2.53. The molecule has 2 aromatic carbocycles. The molecular formula is C31H38ClN3O6. The summed E-state index contributed by atoms with van der Waals surface area (Å²) in [6.45, 7) is 0.430. The summed E-state index contributed by atoms with van der Waals surface area (Å²) in [6, 6.07) is 14.9. The number of carbonyl (C=O) groups is 4. The number of nitrogens with one attached hydrogen (secondary N) is 3. The average Bonchev–Trinajstić information content (AvgIpc) is 3.38. The van der Waals surface area contributed by atoms with Gasteiger partial charge in [-0.1, -0.05) is 86.2 Å². The largest absolute Gasteiger partial charge is 0.481 e. The highest BCUT2D eigenvalue weighted by atomic mass is 35.5. The minimum Gasteiger partial charge on any atom is -0.481 e. The van der Waals surface area contributed by atoms with Gasteiger partial charge in [-0.25, -0.2) is 4.79 Å². The maximum atomic E-state index is 13.6. The van der Waals surface area contributed by atoms with Crippen LogP contribution in [0.1, 0.15) is 68.6 Å². The summed E-state index contributed by atoms with van der Waals surface area (Å²) in [7, 11) is 0. The molecule has 0 bridgehead atoms. The number of halogens is 1. The lowest BCUT2D eigenvalue weighted by atomic mass is 9.84. The number of carbonyl (C=O) groups excluding carboxylic acids is 3. The highest BCUT2D eigenvalue weighted by Gasteiger charge is 2.37. The van der Waals surface area contributed by atoms with E-state index in [1.54, 1.807) is 6.07 Å². The van der Waals surface area contributed by atoms with Gasteiger partial charge in [0.25, 0.3) is 0 Å². The van der Waals surface area contributed by atoms with Gasteiger partial charge >= 0.3 is 12.1 Å². The highest BCUT2D eigenvalue weighted by molar-refractivity contribution is 6.30. The van der Waals surface area contributed by atoms with Gasteiger partial charge in [0.1, 0.15) is 12.1 Å². The molecule has 4 rings (SSSR count). The summed E-state index contributed by atoms with van der Waals surface area (Å²) < 4.78 is 5.91. The Morgan fingerprint density at radius 3 is 2.41 bits per heavy atom. The van der Waals surface area contributed by atoms with Gasteiger partial charge in [-0.2, -0.15) is 0 Å². The number of carboxylic acid groups (broad SMARTS) is 1. The lowest BCUT2D eigenvalue weighted by molar-refractivity contribution is -0.138. The Hall–Kier alpha value is -3.59. The second kappa shape index (κ2) is 14.9. The Labute approximate surface area is 245 Å². The third kappa shape index (κ3) is 9.21. The van der Waals surface area contributed by atoms with E-state index in [-0.39, 0.29) is 18.2 Å². The number of hydrogen-bond donors (Lipinski definition) is 4.